The molecule has 0 aliphatic carbocycles. The van der Waals surface area contributed by atoms with Gasteiger partial charge < -0.3 is 5.32 Å². The van der Waals surface area contributed by atoms with Crippen LogP contribution in [0.4, 0.5) is 11.4 Å². The highest BCUT2D eigenvalue weighted by Gasteiger charge is 2.06. The number of fused-ring (bicyclic) bond motifs is 1. The number of aromatic nitrogens is 1. The minimum Gasteiger partial charge on any atom is -0.354 e. The molecule has 3 aromatic rings. The predicted octanol–water partition coefficient (Wildman–Crippen LogP) is 4.90. The molecule has 0 saturated carbocycles. The fraction of sp³-hybridized carbons (Fsp3) is 0.167. The number of anilines is 2. The summed E-state index contributed by atoms with van der Waals surface area (Å²) >= 11 is 0. The quantitative estimate of drug-likeness (QED) is 0.710. The van der Waals surface area contributed by atoms with Crippen molar-refractivity contribution in [3.05, 3.63) is 65.4 Å². The molecule has 0 radical (unpaired) electrons. The molecule has 3 rings (SSSR count). The summed E-state index contributed by atoms with van der Waals surface area (Å²) in [7, 11) is 0. The van der Waals surface area contributed by atoms with Crippen LogP contribution in [-0.4, -0.2) is 4.98 Å². The predicted molar refractivity (Wildman–Crippen MR) is 85.7 cm³/mol. The Morgan fingerprint density at radius 1 is 0.900 bits per heavy atom. The van der Waals surface area contributed by atoms with E-state index in [0.717, 1.165) is 22.6 Å². The van der Waals surface area contributed by atoms with E-state index in [1.54, 1.807) is 0 Å². The number of hydrogen-bond donors (Lipinski definition) is 1. The van der Waals surface area contributed by atoms with Crippen molar-refractivity contribution in [1.82, 2.24) is 4.98 Å². The number of pyridine rings is 1. The lowest BCUT2D eigenvalue weighted by molar-refractivity contribution is 1.23. The maximum absolute atomic E-state index is 4.75. The third-order valence-electron chi connectivity index (χ3n) is 3.50. The van der Waals surface area contributed by atoms with Crippen molar-refractivity contribution in [3.63, 3.8) is 0 Å². The van der Waals surface area contributed by atoms with E-state index in [4.69, 9.17) is 4.98 Å². The molecule has 1 aromatic heterocycles. The summed E-state index contributed by atoms with van der Waals surface area (Å²) in [5.74, 6) is 0. The highest BCUT2D eigenvalue weighted by molar-refractivity contribution is 5.86. The monoisotopic (exact) mass is 262 g/mol. The van der Waals surface area contributed by atoms with E-state index in [2.05, 4.69) is 49.5 Å². The maximum atomic E-state index is 4.75. The van der Waals surface area contributed by atoms with Gasteiger partial charge in [0.15, 0.2) is 0 Å². The van der Waals surface area contributed by atoms with E-state index in [1.807, 2.05) is 25.1 Å². The number of nitrogens with one attached hydrogen (secondary N) is 1. The first-order chi connectivity index (χ1) is 9.63. The average molecular weight is 262 g/mol. The molecule has 20 heavy (non-hydrogen) atoms. The van der Waals surface area contributed by atoms with Gasteiger partial charge in [-0.3, -0.25) is 4.98 Å². The number of nitrogens with zero attached hydrogens (tertiary/aromatic N) is 1. The third kappa shape index (κ3) is 2.37. The van der Waals surface area contributed by atoms with Crippen LogP contribution in [0.1, 0.15) is 16.8 Å². The van der Waals surface area contributed by atoms with Crippen LogP contribution < -0.4 is 5.32 Å². The van der Waals surface area contributed by atoms with Gasteiger partial charge >= 0.3 is 0 Å². The Kier molecular flexibility index (Phi) is 3.15. The molecule has 0 amide bonds. The molecule has 2 heteroatoms. The summed E-state index contributed by atoms with van der Waals surface area (Å²) in [6.45, 7) is 6.28. The maximum Gasteiger partial charge on any atom is 0.0736 e. The van der Waals surface area contributed by atoms with Crippen molar-refractivity contribution in [2.45, 2.75) is 20.8 Å². The van der Waals surface area contributed by atoms with Gasteiger partial charge in [-0.05, 0) is 50.6 Å². The van der Waals surface area contributed by atoms with E-state index in [1.165, 1.54) is 16.5 Å². The number of hydrogen-bond acceptors (Lipinski definition) is 2. The first kappa shape index (κ1) is 12.7. The van der Waals surface area contributed by atoms with Gasteiger partial charge in [0.05, 0.1) is 16.9 Å². The van der Waals surface area contributed by atoms with E-state index >= 15 is 0 Å². The van der Waals surface area contributed by atoms with Gasteiger partial charge in [-0.15, -0.1) is 0 Å². The molecule has 2 nitrogen and oxygen atoms in total. The first-order valence-electron chi connectivity index (χ1n) is 6.84. The van der Waals surface area contributed by atoms with E-state index in [-0.39, 0.29) is 0 Å². The van der Waals surface area contributed by atoms with E-state index in [0.29, 0.717) is 0 Å². The van der Waals surface area contributed by atoms with Crippen molar-refractivity contribution in [1.29, 1.82) is 0 Å². The van der Waals surface area contributed by atoms with Gasteiger partial charge in [-0.1, -0.05) is 29.8 Å². The molecule has 1 N–H and O–H groups in total. The smallest absolute Gasteiger partial charge is 0.0736 e. The molecule has 0 bridgehead atoms. The van der Waals surface area contributed by atoms with E-state index < -0.39 is 0 Å². The largest absolute Gasteiger partial charge is 0.354 e. The fourth-order valence-corrected chi connectivity index (χ4v) is 2.55. The zero-order valence-electron chi connectivity index (χ0n) is 12.1. The molecule has 0 aliphatic rings. The van der Waals surface area contributed by atoms with Crippen LogP contribution in [-0.2, 0) is 0 Å². The second-order valence-corrected chi connectivity index (χ2v) is 5.27. The van der Waals surface area contributed by atoms with Crippen LogP contribution >= 0.6 is 0 Å². The number of benzene rings is 2. The van der Waals surface area contributed by atoms with Crippen LogP contribution in [0.3, 0.4) is 0 Å². The molecular weight excluding hydrogens is 244 g/mol. The highest BCUT2D eigenvalue weighted by atomic mass is 14.9. The summed E-state index contributed by atoms with van der Waals surface area (Å²) < 4.78 is 0. The van der Waals surface area contributed by atoms with Crippen LogP contribution in [0.25, 0.3) is 10.9 Å². The lowest BCUT2D eigenvalue weighted by atomic mass is 10.1. The van der Waals surface area contributed by atoms with Crippen molar-refractivity contribution in [3.8, 4) is 0 Å². The lowest BCUT2D eigenvalue weighted by Crippen LogP contribution is -1.97. The Morgan fingerprint density at radius 3 is 2.40 bits per heavy atom. The zero-order chi connectivity index (χ0) is 14.1. The van der Waals surface area contributed by atoms with Gasteiger partial charge in [-0.2, -0.15) is 0 Å². The minimum atomic E-state index is 1.02. The van der Waals surface area contributed by atoms with Gasteiger partial charge in [0, 0.05) is 11.1 Å². The second kappa shape index (κ2) is 4.97. The molecule has 0 saturated heterocycles. The summed E-state index contributed by atoms with van der Waals surface area (Å²) in [6, 6.07) is 16.7. The Labute approximate surface area is 119 Å². The molecule has 1 heterocycles. The van der Waals surface area contributed by atoms with Crippen LogP contribution in [0, 0.1) is 20.8 Å². The standard InChI is InChI=1S/C18H18N2/c1-12-9-13(2)18-15(10-12)11-17(14(3)19-18)20-16-7-5-4-6-8-16/h4-11,20H,1-3H3. The SMILES string of the molecule is Cc1cc(C)c2nc(C)c(Nc3ccccc3)cc2c1. The Hall–Kier alpha value is -2.35. The van der Waals surface area contributed by atoms with Crippen molar-refractivity contribution in [2.24, 2.45) is 0 Å². The Morgan fingerprint density at radius 2 is 1.65 bits per heavy atom. The number of para-hydroxylation sites is 1. The number of aryl methyl sites for hydroxylation is 3. The molecular formula is C18H18N2. The summed E-state index contributed by atoms with van der Waals surface area (Å²) in [5.41, 5.74) is 6.76. The summed E-state index contributed by atoms with van der Waals surface area (Å²) in [5, 5.41) is 4.63. The molecule has 2 aromatic carbocycles. The van der Waals surface area contributed by atoms with Gasteiger partial charge in [0.2, 0.25) is 0 Å². The van der Waals surface area contributed by atoms with Gasteiger partial charge in [0.1, 0.15) is 0 Å². The highest BCUT2D eigenvalue weighted by Crippen LogP contribution is 2.26. The summed E-state index contributed by atoms with van der Waals surface area (Å²) in [6.07, 6.45) is 0. The van der Waals surface area contributed by atoms with Crippen LogP contribution in [0.15, 0.2) is 48.5 Å². The lowest BCUT2D eigenvalue weighted by Gasteiger charge is -2.12. The van der Waals surface area contributed by atoms with Gasteiger partial charge in [0.25, 0.3) is 0 Å². The molecule has 0 unspecified atom stereocenters. The molecule has 0 aliphatic heterocycles. The fourth-order valence-electron chi connectivity index (χ4n) is 2.55. The molecule has 0 spiro atoms. The number of rotatable bonds is 2. The van der Waals surface area contributed by atoms with Crippen molar-refractivity contribution >= 4 is 22.3 Å². The first-order valence-corrected chi connectivity index (χ1v) is 6.84. The second-order valence-electron chi connectivity index (χ2n) is 5.27. The van der Waals surface area contributed by atoms with E-state index in [9.17, 15) is 0 Å². The molecule has 100 valence electrons. The van der Waals surface area contributed by atoms with Crippen molar-refractivity contribution in [2.75, 3.05) is 5.32 Å². The minimum absolute atomic E-state index is 1.02. The Balaban J connectivity index is 2.10. The summed E-state index contributed by atoms with van der Waals surface area (Å²) in [4.78, 5) is 4.75. The average Bonchev–Trinajstić information content (AvgIpc) is 2.42. The van der Waals surface area contributed by atoms with Crippen LogP contribution in [0.2, 0.25) is 0 Å². The van der Waals surface area contributed by atoms with Crippen LogP contribution in [0.5, 0.6) is 0 Å². The third-order valence-corrected chi connectivity index (χ3v) is 3.50. The zero-order valence-corrected chi connectivity index (χ0v) is 12.1. The Bertz CT molecular complexity index is 761. The molecule has 0 atom stereocenters. The molecule has 0 fully saturated rings. The van der Waals surface area contributed by atoms with Crippen molar-refractivity contribution < 1.29 is 0 Å². The topological polar surface area (TPSA) is 24.9 Å². The van der Waals surface area contributed by atoms with Gasteiger partial charge in [-0.25, -0.2) is 0 Å². The normalized spacial score (nSPS) is 10.8.